The summed E-state index contributed by atoms with van der Waals surface area (Å²) in [5.74, 6) is 2.86. The second kappa shape index (κ2) is 6.78. The average Bonchev–Trinajstić information content (AvgIpc) is 2.84. The Morgan fingerprint density at radius 3 is 2.94 bits per heavy atom. The highest BCUT2D eigenvalue weighted by Gasteiger charge is 2.10. The lowest BCUT2D eigenvalue weighted by Crippen LogP contribution is -1.99. The number of halogens is 1. The lowest BCUT2D eigenvalue weighted by Gasteiger charge is -1.96. The first-order valence-electron chi connectivity index (χ1n) is 5.66. The minimum Gasteiger partial charge on any atom is -0.338 e. The Kier molecular flexibility index (Phi) is 5.04. The molecular weight excluding hydrogens is 270 g/mol. The van der Waals surface area contributed by atoms with Gasteiger partial charge < -0.3 is 10.3 Å². The van der Waals surface area contributed by atoms with Crippen molar-refractivity contribution in [2.45, 2.75) is 12.2 Å². The van der Waals surface area contributed by atoms with Gasteiger partial charge in [-0.25, -0.2) is 0 Å². The van der Waals surface area contributed by atoms with Crippen LogP contribution >= 0.6 is 23.4 Å². The maximum absolute atomic E-state index is 6.07. The molecule has 0 amide bonds. The number of nitrogens with two attached hydrogens (primary N) is 1. The van der Waals surface area contributed by atoms with Crippen molar-refractivity contribution in [2.24, 2.45) is 5.73 Å². The molecule has 1 heterocycles. The van der Waals surface area contributed by atoms with Gasteiger partial charge in [-0.1, -0.05) is 28.9 Å². The van der Waals surface area contributed by atoms with E-state index in [2.05, 4.69) is 10.1 Å². The highest BCUT2D eigenvalue weighted by Crippen LogP contribution is 2.25. The summed E-state index contributed by atoms with van der Waals surface area (Å²) in [6.45, 7) is 0.710. The van der Waals surface area contributed by atoms with E-state index in [0.717, 1.165) is 17.7 Å². The van der Waals surface area contributed by atoms with E-state index in [-0.39, 0.29) is 0 Å². The van der Waals surface area contributed by atoms with Crippen LogP contribution in [0.4, 0.5) is 0 Å². The second-order valence-corrected chi connectivity index (χ2v) is 5.20. The Morgan fingerprint density at radius 1 is 1.33 bits per heavy atom. The van der Waals surface area contributed by atoms with Gasteiger partial charge in [-0.3, -0.25) is 0 Å². The summed E-state index contributed by atoms with van der Waals surface area (Å²) in [6, 6.07) is 7.45. The van der Waals surface area contributed by atoms with Crippen LogP contribution in [0.15, 0.2) is 28.8 Å². The molecule has 0 radical (unpaired) electrons. The van der Waals surface area contributed by atoms with E-state index in [1.165, 1.54) is 0 Å². The molecule has 0 aliphatic rings. The fraction of sp³-hybridized carbons (Fsp3) is 0.333. The molecule has 0 saturated carbocycles. The first-order valence-corrected chi connectivity index (χ1v) is 7.20. The van der Waals surface area contributed by atoms with Crippen LogP contribution < -0.4 is 5.73 Å². The third-order valence-electron chi connectivity index (χ3n) is 2.30. The van der Waals surface area contributed by atoms with Crippen LogP contribution in [0.5, 0.6) is 0 Å². The molecule has 0 atom stereocenters. The maximum atomic E-state index is 6.07. The van der Waals surface area contributed by atoms with Gasteiger partial charge in [0.2, 0.25) is 11.7 Å². The summed E-state index contributed by atoms with van der Waals surface area (Å²) in [6.07, 6.45) is 0.996. The fourth-order valence-corrected chi connectivity index (χ4v) is 2.44. The number of nitrogens with zero attached hydrogens (tertiary/aromatic N) is 2. The summed E-state index contributed by atoms with van der Waals surface area (Å²) >= 11 is 7.81. The smallest absolute Gasteiger partial charge is 0.236 e. The Labute approximate surface area is 115 Å². The molecular formula is C12H14ClN3OS. The lowest BCUT2D eigenvalue weighted by atomic mass is 10.2. The van der Waals surface area contributed by atoms with Crippen molar-refractivity contribution in [2.75, 3.05) is 12.3 Å². The molecule has 18 heavy (non-hydrogen) atoms. The van der Waals surface area contributed by atoms with Crippen LogP contribution in [0.25, 0.3) is 11.4 Å². The van der Waals surface area contributed by atoms with E-state index in [4.69, 9.17) is 21.9 Å². The zero-order valence-electron chi connectivity index (χ0n) is 9.80. The number of benzene rings is 1. The van der Waals surface area contributed by atoms with Crippen molar-refractivity contribution in [3.63, 3.8) is 0 Å². The second-order valence-electron chi connectivity index (χ2n) is 3.69. The van der Waals surface area contributed by atoms with Crippen LogP contribution in [0, 0.1) is 0 Å². The van der Waals surface area contributed by atoms with E-state index >= 15 is 0 Å². The van der Waals surface area contributed by atoms with Gasteiger partial charge in [0.25, 0.3) is 0 Å². The van der Waals surface area contributed by atoms with Crippen LogP contribution in [0.1, 0.15) is 12.3 Å². The van der Waals surface area contributed by atoms with Gasteiger partial charge in [-0.15, -0.1) is 0 Å². The van der Waals surface area contributed by atoms with Gasteiger partial charge in [0.15, 0.2) is 0 Å². The predicted molar refractivity (Wildman–Crippen MR) is 74.6 cm³/mol. The lowest BCUT2D eigenvalue weighted by molar-refractivity contribution is 0.391. The monoisotopic (exact) mass is 283 g/mol. The van der Waals surface area contributed by atoms with Crippen molar-refractivity contribution in [1.82, 2.24) is 10.1 Å². The summed E-state index contributed by atoms with van der Waals surface area (Å²) in [4.78, 5) is 4.32. The Bertz CT molecular complexity index is 504. The van der Waals surface area contributed by atoms with E-state index in [0.29, 0.717) is 29.0 Å². The van der Waals surface area contributed by atoms with Gasteiger partial charge >= 0.3 is 0 Å². The van der Waals surface area contributed by atoms with Crippen molar-refractivity contribution in [3.8, 4) is 11.4 Å². The number of aromatic nitrogens is 2. The molecule has 0 saturated heterocycles. The minimum absolute atomic E-state index is 0.537. The largest absolute Gasteiger partial charge is 0.338 e. The average molecular weight is 284 g/mol. The van der Waals surface area contributed by atoms with Crippen LogP contribution in [-0.2, 0) is 5.75 Å². The molecule has 2 rings (SSSR count). The normalized spacial score (nSPS) is 10.8. The Morgan fingerprint density at radius 2 is 2.17 bits per heavy atom. The Balaban J connectivity index is 2.00. The number of rotatable bonds is 6. The molecule has 6 heteroatoms. The van der Waals surface area contributed by atoms with Gasteiger partial charge in [0.1, 0.15) is 0 Å². The zero-order chi connectivity index (χ0) is 12.8. The molecule has 4 nitrogen and oxygen atoms in total. The molecule has 0 aliphatic carbocycles. The molecule has 96 valence electrons. The first kappa shape index (κ1) is 13.4. The van der Waals surface area contributed by atoms with Gasteiger partial charge in [0.05, 0.1) is 10.8 Å². The van der Waals surface area contributed by atoms with Gasteiger partial charge in [0, 0.05) is 5.56 Å². The molecule has 1 aromatic carbocycles. The molecule has 2 N–H and O–H groups in total. The third-order valence-corrected chi connectivity index (χ3v) is 3.66. The topological polar surface area (TPSA) is 64.9 Å². The molecule has 0 fully saturated rings. The minimum atomic E-state index is 0.537. The third kappa shape index (κ3) is 3.48. The highest BCUT2D eigenvalue weighted by atomic mass is 35.5. The standard InChI is InChI=1S/C12H14ClN3OS/c13-10-5-2-1-4-9(10)12-15-11(17-16-12)8-18-7-3-6-14/h1-2,4-5H,3,6-8,14H2. The van der Waals surface area contributed by atoms with Crippen molar-refractivity contribution >= 4 is 23.4 Å². The number of hydrogen-bond acceptors (Lipinski definition) is 5. The summed E-state index contributed by atoms with van der Waals surface area (Å²) < 4.78 is 5.18. The quantitative estimate of drug-likeness (QED) is 0.826. The number of hydrogen-bond donors (Lipinski definition) is 1. The summed E-state index contributed by atoms with van der Waals surface area (Å²) in [5.41, 5.74) is 6.22. The van der Waals surface area contributed by atoms with Crippen LogP contribution in [0.2, 0.25) is 5.02 Å². The number of thioether (sulfide) groups is 1. The maximum Gasteiger partial charge on any atom is 0.236 e. The fourth-order valence-electron chi connectivity index (χ4n) is 1.41. The first-order chi connectivity index (χ1) is 8.81. The molecule has 0 unspecified atom stereocenters. The van der Waals surface area contributed by atoms with E-state index < -0.39 is 0 Å². The summed E-state index contributed by atoms with van der Waals surface area (Å²) in [7, 11) is 0. The zero-order valence-corrected chi connectivity index (χ0v) is 11.4. The highest BCUT2D eigenvalue weighted by molar-refractivity contribution is 7.98. The van der Waals surface area contributed by atoms with Crippen LogP contribution in [-0.4, -0.2) is 22.4 Å². The predicted octanol–water partition coefficient (Wildman–Crippen LogP) is 2.97. The molecule has 1 aromatic heterocycles. The van der Waals surface area contributed by atoms with Crippen LogP contribution in [0.3, 0.4) is 0 Å². The summed E-state index contributed by atoms with van der Waals surface area (Å²) in [5, 5.41) is 4.56. The van der Waals surface area contributed by atoms with Crippen molar-refractivity contribution < 1.29 is 4.52 Å². The Hall–Kier alpha value is -1.04. The van der Waals surface area contributed by atoms with E-state index in [9.17, 15) is 0 Å². The van der Waals surface area contributed by atoms with Gasteiger partial charge in [-0.2, -0.15) is 16.7 Å². The van der Waals surface area contributed by atoms with E-state index in [1.54, 1.807) is 11.8 Å². The molecule has 0 spiro atoms. The SMILES string of the molecule is NCCCSCc1nc(-c2ccccc2Cl)no1. The van der Waals surface area contributed by atoms with Crippen molar-refractivity contribution in [1.29, 1.82) is 0 Å². The molecule has 0 aliphatic heterocycles. The molecule has 0 bridgehead atoms. The van der Waals surface area contributed by atoms with Gasteiger partial charge in [-0.05, 0) is 30.9 Å². The van der Waals surface area contributed by atoms with E-state index in [1.807, 2.05) is 24.3 Å². The van der Waals surface area contributed by atoms with Crippen molar-refractivity contribution in [3.05, 3.63) is 35.2 Å². The molecule has 2 aromatic rings.